The molecule has 1 atom stereocenters. The van der Waals surface area contributed by atoms with E-state index < -0.39 is 6.10 Å². The summed E-state index contributed by atoms with van der Waals surface area (Å²) in [6, 6.07) is 20.0. The molecular weight excluding hydrogens is 570 g/mol. The van der Waals surface area contributed by atoms with Crippen molar-refractivity contribution in [3.8, 4) is 5.75 Å². The molecule has 0 saturated heterocycles. The highest BCUT2D eigenvalue weighted by Crippen LogP contribution is 2.22. The molecule has 0 spiro atoms. The molecule has 0 fully saturated rings. The van der Waals surface area contributed by atoms with Crippen LogP contribution in [-0.4, -0.2) is 42.2 Å². The predicted molar refractivity (Wildman–Crippen MR) is 151 cm³/mol. The maximum Gasteiger partial charge on any atom is 0.335 e. The van der Waals surface area contributed by atoms with E-state index in [0.29, 0.717) is 49.7 Å². The van der Waals surface area contributed by atoms with E-state index in [2.05, 4.69) is 15.9 Å². The number of benzene rings is 3. The van der Waals surface area contributed by atoms with Crippen LogP contribution in [0.3, 0.4) is 0 Å². The average Bonchev–Trinajstić information content (AvgIpc) is 3.23. The Morgan fingerprint density at radius 3 is 2.45 bits per heavy atom. The number of aromatic nitrogens is 1. The molecule has 1 aromatic heterocycles. The van der Waals surface area contributed by atoms with E-state index in [-0.39, 0.29) is 16.6 Å². The van der Waals surface area contributed by atoms with Crippen LogP contribution in [0.15, 0.2) is 76.0 Å². The fraction of sp³-hybridized carbons (Fsp3) is 0.276. The van der Waals surface area contributed by atoms with Crippen molar-refractivity contribution < 1.29 is 23.8 Å². The normalized spacial score (nSPS) is 11.9. The summed E-state index contributed by atoms with van der Waals surface area (Å²) in [5, 5.41) is 0. The third kappa shape index (κ3) is 6.78. The van der Waals surface area contributed by atoms with Gasteiger partial charge in [-0.1, -0.05) is 51.5 Å². The van der Waals surface area contributed by atoms with Crippen LogP contribution in [0.5, 0.6) is 5.75 Å². The van der Waals surface area contributed by atoms with E-state index in [0.717, 1.165) is 31.6 Å². The first-order chi connectivity index (χ1) is 18.4. The standard InChI is InChI=1S/C29H28BrNO6S/c1-3-35-25(28(33)36-4-2)16-19-8-11-23(12-9-19)37-15-14-31-24-13-10-21(18-26(24)38-29(31)34)27(32)20-6-5-7-22(30)17-20/h5-13,17-18,25H,3-4,14-16H2,1-2H3. The maximum absolute atomic E-state index is 12.9. The second-order valence-electron chi connectivity index (χ2n) is 8.43. The Balaban J connectivity index is 1.38. The fourth-order valence-corrected chi connectivity index (χ4v) is 5.41. The molecule has 198 valence electrons. The van der Waals surface area contributed by atoms with Crippen molar-refractivity contribution in [2.75, 3.05) is 19.8 Å². The summed E-state index contributed by atoms with van der Waals surface area (Å²) in [7, 11) is 0. The van der Waals surface area contributed by atoms with Crippen LogP contribution in [0.2, 0.25) is 0 Å². The summed E-state index contributed by atoms with van der Waals surface area (Å²) >= 11 is 4.51. The van der Waals surface area contributed by atoms with Gasteiger partial charge in [-0.15, -0.1) is 0 Å². The number of ether oxygens (including phenoxy) is 3. The summed E-state index contributed by atoms with van der Waals surface area (Å²) in [5.41, 5.74) is 2.82. The molecule has 0 bridgehead atoms. The van der Waals surface area contributed by atoms with Crippen LogP contribution >= 0.6 is 27.3 Å². The summed E-state index contributed by atoms with van der Waals surface area (Å²) in [6.07, 6.45) is -0.231. The van der Waals surface area contributed by atoms with Gasteiger partial charge in [-0.3, -0.25) is 14.2 Å². The molecule has 0 aliphatic heterocycles. The minimum atomic E-state index is -0.643. The lowest BCUT2D eigenvalue weighted by Crippen LogP contribution is -2.28. The number of hydrogen-bond acceptors (Lipinski definition) is 7. The summed E-state index contributed by atoms with van der Waals surface area (Å²) in [4.78, 5) is 37.5. The van der Waals surface area contributed by atoms with Crippen molar-refractivity contribution in [1.29, 1.82) is 0 Å². The topological polar surface area (TPSA) is 83.8 Å². The zero-order valence-electron chi connectivity index (χ0n) is 21.1. The van der Waals surface area contributed by atoms with Gasteiger partial charge in [0.25, 0.3) is 0 Å². The minimum Gasteiger partial charge on any atom is -0.492 e. The molecule has 0 aliphatic rings. The molecule has 7 nitrogen and oxygen atoms in total. The molecule has 0 radical (unpaired) electrons. The smallest absolute Gasteiger partial charge is 0.335 e. The zero-order valence-corrected chi connectivity index (χ0v) is 23.5. The number of thiazole rings is 1. The van der Waals surface area contributed by atoms with Crippen molar-refractivity contribution >= 4 is 49.2 Å². The van der Waals surface area contributed by atoms with E-state index in [9.17, 15) is 14.4 Å². The lowest BCUT2D eigenvalue weighted by Gasteiger charge is -2.16. The van der Waals surface area contributed by atoms with E-state index in [1.165, 1.54) is 0 Å². The van der Waals surface area contributed by atoms with E-state index in [1.807, 2.05) is 49.4 Å². The molecule has 4 aromatic rings. The number of halogens is 1. The van der Waals surface area contributed by atoms with Gasteiger partial charge in [0.1, 0.15) is 12.4 Å². The highest BCUT2D eigenvalue weighted by molar-refractivity contribution is 9.10. The maximum atomic E-state index is 12.9. The van der Waals surface area contributed by atoms with Crippen LogP contribution in [0.1, 0.15) is 35.3 Å². The number of fused-ring (bicyclic) bond motifs is 1. The van der Waals surface area contributed by atoms with Crippen molar-refractivity contribution in [3.05, 3.63) is 97.6 Å². The Morgan fingerprint density at radius 1 is 0.974 bits per heavy atom. The quantitative estimate of drug-likeness (QED) is 0.155. The Hall–Kier alpha value is -3.27. The van der Waals surface area contributed by atoms with Gasteiger partial charge in [0.05, 0.1) is 23.4 Å². The lowest BCUT2D eigenvalue weighted by atomic mass is 10.0. The zero-order chi connectivity index (χ0) is 27.1. The average molecular weight is 599 g/mol. The molecule has 4 rings (SSSR count). The summed E-state index contributed by atoms with van der Waals surface area (Å²) < 4.78 is 19.7. The highest BCUT2D eigenvalue weighted by Gasteiger charge is 2.20. The van der Waals surface area contributed by atoms with Crippen molar-refractivity contribution in [3.63, 3.8) is 0 Å². The van der Waals surface area contributed by atoms with Gasteiger partial charge in [-0.25, -0.2) is 4.79 Å². The van der Waals surface area contributed by atoms with E-state index >= 15 is 0 Å². The summed E-state index contributed by atoms with van der Waals surface area (Å²) in [6.45, 7) is 5.01. The lowest BCUT2D eigenvalue weighted by molar-refractivity contribution is -0.156. The first kappa shape index (κ1) is 27.8. The van der Waals surface area contributed by atoms with Gasteiger partial charge >= 0.3 is 10.8 Å². The van der Waals surface area contributed by atoms with Gasteiger partial charge in [0.2, 0.25) is 0 Å². The molecule has 0 aliphatic carbocycles. The molecule has 3 aromatic carbocycles. The number of carbonyl (C=O) groups excluding carboxylic acids is 2. The molecule has 0 amide bonds. The molecular formula is C29H28BrNO6S. The number of ketones is 1. The van der Waals surface area contributed by atoms with Crippen LogP contribution in [0.4, 0.5) is 0 Å². The molecule has 1 unspecified atom stereocenters. The van der Waals surface area contributed by atoms with Gasteiger partial charge in [0.15, 0.2) is 11.9 Å². The van der Waals surface area contributed by atoms with E-state index in [1.54, 1.807) is 35.8 Å². The van der Waals surface area contributed by atoms with E-state index in [4.69, 9.17) is 14.2 Å². The van der Waals surface area contributed by atoms with Crippen molar-refractivity contribution in [2.45, 2.75) is 32.9 Å². The fourth-order valence-electron chi connectivity index (χ4n) is 4.05. The van der Waals surface area contributed by atoms with Crippen LogP contribution < -0.4 is 9.61 Å². The van der Waals surface area contributed by atoms with Gasteiger partial charge in [-0.05, 0) is 61.9 Å². The second-order valence-corrected chi connectivity index (χ2v) is 10.3. The monoisotopic (exact) mass is 597 g/mol. The Bertz CT molecular complexity index is 1480. The predicted octanol–water partition coefficient (Wildman–Crippen LogP) is 5.65. The number of carbonyl (C=O) groups is 2. The minimum absolute atomic E-state index is 0.0952. The first-order valence-electron chi connectivity index (χ1n) is 12.3. The molecule has 0 N–H and O–H groups in total. The molecule has 38 heavy (non-hydrogen) atoms. The van der Waals surface area contributed by atoms with Crippen molar-refractivity contribution in [2.24, 2.45) is 0 Å². The Labute approximate surface area is 233 Å². The molecule has 0 saturated carbocycles. The van der Waals surface area contributed by atoms with Gasteiger partial charge < -0.3 is 14.2 Å². The molecule has 9 heteroatoms. The summed E-state index contributed by atoms with van der Waals surface area (Å²) in [5.74, 6) is 0.197. The van der Waals surface area contributed by atoms with Crippen LogP contribution in [0, 0.1) is 0 Å². The Morgan fingerprint density at radius 2 is 1.74 bits per heavy atom. The van der Waals surface area contributed by atoms with Crippen LogP contribution in [0.25, 0.3) is 10.2 Å². The number of nitrogens with zero attached hydrogens (tertiary/aromatic N) is 1. The Kier molecular flexibility index (Phi) is 9.49. The number of rotatable bonds is 12. The third-order valence-electron chi connectivity index (χ3n) is 5.86. The largest absolute Gasteiger partial charge is 0.492 e. The SMILES string of the molecule is CCOC(=O)C(Cc1ccc(OCCn2c(=O)sc3cc(C(=O)c4cccc(Br)c4)ccc32)cc1)OCC. The van der Waals surface area contributed by atoms with Crippen LogP contribution in [-0.2, 0) is 27.2 Å². The highest BCUT2D eigenvalue weighted by atomic mass is 79.9. The number of hydrogen-bond donors (Lipinski definition) is 0. The third-order valence-corrected chi connectivity index (χ3v) is 7.30. The second kappa shape index (κ2) is 13.0. The van der Waals surface area contributed by atoms with Gasteiger partial charge in [0, 0.05) is 28.6 Å². The van der Waals surface area contributed by atoms with Crippen molar-refractivity contribution in [1.82, 2.24) is 4.57 Å². The molecule has 1 heterocycles. The number of esters is 1. The first-order valence-corrected chi connectivity index (χ1v) is 13.9. The van der Waals surface area contributed by atoms with Gasteiger partial charge in [-0.2, -0.15) is 0 Å².